The third-order valence-corrected chi connectivity index (χ3v) is 6.42. The van der Waals surface area contributed by atoms with Gasteiger partial charge >= 0.3 is 5.97 Å². The fraction of sp³-hybridized carbons (Fsp3) is 0.250. The number of carbonyl (C=O) groups is 3. The van der Waals surface area contributed by atoms with Crippen molar-refractivity contribution < 1.29 is 24.4 Å². The Labute approximate surface area is 193 Å². The molecule has 0 aliphatic carbocycles. The molecule has 2 aliphatic heterocycles. The van der Waals surface area contributed by atoms with Crippen LogP contribution in [-0.4, -0.2) is 44.8 Å². The lowest BCUT2D eigenvalue weighted by Gasteiger charge is -2.31. The number of fused-ring (bicyclic) bond motifs is 1. The van der Waals surface area contributed by atoms with Gasteiger partial charge in [0.05, 0.1) is 34.9 Å². The van der Waals surface area contributed by atoms with Crippen LogP contribution in [0.1, 0.15) is 22.7 Å². The smallest absolute Gasteiger partial charge is 0.325 e. The zero-order valence-electron chi connectivity index (χ0n) is 17.7. The summed E-state index contributed by atoms with van der Waals surface area (Å²) in [5.41, 5.74) is -1.02. The number of rotatable bonds is 6. The number of amides is 2. The van der Waals surface area contributed by atoms with Gasteiger partial charge in [0.1, 0.15) is 5.54 Å². The van der Waals surface area contributed by atoms with E-state index < -0.39 is 46.1 Å². The highest BCUT2D eigenvalue weighted by atomic mass is 16.6. The van der Waals surface area contributed by atoms with Gasteiger partial charge in [0.15, 0.2) is 0 Å². The number of nitrogens with zero attached hydrogens (tertiary/aromatic N) is 3. The average Bonchev–Trinajstić information content (AvgIpc) is 3.29. The quantitative estimate of drug-likeness (QED) is 0.285. The SMILES string of the molecule is C#CCN1C(=O)C2C(c3ccccc3C#N)NC(Cc3ccc([N+](=O)[O-])cc3)(C(=O)O)C2C1=O. The van der Waals surface area contributed by atoms with Crippen LogP contribution in [0.3, 0.4) is 0 Å². The van der Waals surface area contributed by atoms with Gasteiger partial charge in [-0.2, -0.15) is 5.26 Å². The summed E-state index contributed by atoms with van der Waals surface area (Å²) in [6.45, 7) is -0.301. The van der Waals surface area contributed by atoms with Crippen LogP contribution in [0.5, 0.6) is 0 Å². The molecule has 2 aromatic carbocycles. The monoisotopic (exact) mass is 458 g/mol. The zero-order chi connectivity index (χ0) is 24.6. The number of nitro groups is 1. The van der Waals surface area contributed by atoms with Gasteiger partial charge in [0.2, 0.25) is 11.8 Å². The number of aliphatic carboxylic acids is 1. The van der Waals surface area contributed by atoms with Crippen LogP contribution < -0.4 is 5.32 Å². The summed E-state index contributed by atoms with van der Waals surface area (Å²) in [7, 11) is 0. The summed E-state index contributed by atoms with van der Waals surface area (Å²) in [4.78, 5) is 50.6. The van der Waals surface area contributed by atoms with Crippen LogP contribution in [-0.2, 0) is 20.8 Å². The van der Waals surface area contributed by atoms with Crippen molar-refractivity contribution >= 4 is 23.5 Å². The van der Waals surface area contributed by atoms with E-state index in [1.807, 2.05) is 6.07 Å². The first kappa shape index (κ1) is 22.6. The van der Waals surface area contributed by atoms with E-state index in [0.29, 0.717) is 11.1 Å². The van der Waals surface area contributed by atoms with Gasteiger partial charge in [-0.15, -0.1) is 6.42 Å². The minimum Gasteiger partial charge on any atom is -0.480 e. The number of carboxylic acids is 1. The summed E-state index contributed by atoms with van der Waals surface area (Å²) in [6.07, 6.45) is 5.11. The Bertz CT molecular complexity index is 1290. The maximum Gasteiger partial charge on any atom is 0.325 e. The molecule has 0 aromatic heterocycles. The van der Waals surface area contributed by atoms with E-state index in [9.17, 15) is 34.9 Å². The first-order valence-corrected chi connectivity index (χ1v) is 10.3. The standard InChI is InChI=1S/C24H18N4O6/c1-2-11-27-21(29)18-19(22(27)30)24(23(31)32,12-14-7-9-16(10-8-14)28(33)34)26-20(18)17-6-4-3-5-15(17)13-25/h1,3-10,18-20,26H,11-12H2,(H,31,32). The van der Waals surface area contributed by atoms with E-state index >= 15 is 0 Å². The number of hydrogen-bond acceptors (Lipinski definition) is 7. The van der Waals surface area contributed by atoms with Crippen molar-refractivity contribution in [1.29, 1.82) is 5.26 Å². The highest BCUT2D eigenvalue weighted by Crippen LogP contribution is 2.50. The number of likely N-dealkylation sites (tertiary alicyclic amines) is 1. The van der Waals surface area contributed by atoms with Gasteiger partial charge in [0.25, 0.3) is 5.69 Å². The molecule has 0 saturated carbocycles. The van der Waals surface area contributed by atoms with Crippen LogP contribution in [0.4, 0.5) is 5.69 Å². The third-order valence-electron chi connectivity index (χ3n) is 6.42. The molecule has 2 aliphatic rings. The Hall–Kier alpha value is -4.54. The van der Waals surface area contributed by atoms with Crippen molar-refractivity contribution in [2.75, 3.05) is 6.54 Å². The van der Waals surface area contributed by atoms with Crippen LogP contribution >= 0.6 is 0 Å². The number of carboxylic acid groups (broad SMARTS) is 1. The molecule has 10 heteroatoms. The summed E-state index contributed by atoms with van der Waals surface area (Å²) in [5, 5.41) is 33.9. The lowest BCUT2D eigenvalue weighted by molar-refractivity contribution is -0.384. The van der Waals surface area contributed by atoms with Crippen molar-refractivity contribution in [3.8, 4) is 18.4 Å². The molecule has 2 heterocycles. The second-order valence-electron chi connectivity index (χ2n) is 8.17. The Kier molecular flexibility index (Phi) is 5.61. The van der Waals surface area contributed by atoms with Crippen molar-refractivity contribution in [1.82, 2.24) is 10.2 Å². The number of hydrogen-bond donors (Lipinski definition) is 2. The summed E-state index contributed by atoms with van der Waals surface area (Å²) >= 11 is 0. The number of benzene rings is 2. The van der Waals surface area contributed by atoms with Crippen LogP contribution in [0, 0.1) is 45.6 Å². The average molecular weight is 458 g/mol. The topological polar surface area (TPSA) is 154 Å². The fourth-order valence-corrected chi connectivity index (χ4v) is 4.94. The van der Waals surface area contributed by atoms with E-state index in [1.165, 1.54) is 24.3 Å². The predicted molar refractivity (Wildman–Crippen MR) is 117 cm³/mol. The summed E-state index contributed by atoms with van der Waals surface area (Å²) in [5.74, 6) is -2.80. The van der Waals surface area contributed by atoms with E-state index in [4.69, 9.17) is 6.42 Å². The van der Waals surface area contributed by atoms with E-state index in [-0.39, 0.29) is 24.2 Å². The molecular weight excluding hydrogens is 440 g/mol. The molecule has 2 aromatic rings. The number of carbonyl (C=O) groups excluding carboxylic acids is 2. The number of nitriles is 1. The Balaban J connectivity index is 1.86. The van der Waals surface area contributed by atoms with Gasteiger partial charge in [0, 0.05) is 24.6 Å². The maximum absolute atomic E-state index is 13.3. The van der Waals surface area contributed by atoms with Crippen molar-refractivity contribution in [3.05, 3.63) is 75.3 Å². The second kappa shape index (κ2) is 8.43. The molecular formula is C24H18N4O6. The third kappa shape index (κ3) is 3.38. The van der Waals surface area contributed by atoms with Gasteiger partial charge in [-0.05, 0) is 17.2 Å². The number of non-ortho nitro benzene ring substituents is 1. The van der Waals surface area contributed by atoms with Gasteiger partial charge in [-0.25, -0.2) is 0 Å². The molecule has 170 valence electrons. The van der Waals surface area contributed by atoms with E-state index in [2.05, 4.69) is 11.2 Å². The van der Waals surface area contributed by atoms with Crippen LogP contribution in [0.25, 0.3) is 0 Å². The van der Waals surface area contributed by atoms with Crippen LogP contribution in [0.2, 0.25) is 0 Å². The Morgan fingerprint density at radius 2 is 1.88 bits per heavy atom. The number of nitro benzene ring substituents is 1. The molecule has 34 heavy (non-hydrogen) atoms. The Morgan fingerprint density at radius 1 is 1.21 bits per heavy atom. The molecule has 2 amide bonds. The molecule has 0 bridgehead atoms. The first-order chi connectivity index (χ1) is 16.2. The maximum atomic E-state index is 13.3. The molecule has 4 rings (SSSR count). The Morgan fingerprint density at radius 3 is 2.47 bits per heavy atom. The second-order valence-corrected chi connectivity index (χ2v) is 8.17. The van der Waals surface area contributed by atoms with E-state index in [1.54, 1.807) is 24.3 Å². The highest BCUT2D eigenvalue weighted by molar-refractivity contribution is 6.09. The lowest BCUT2D eigenvalue weighted by atomic mass is 9.76. The molecule has 2 fully saturated rings. The highest BCUT2D eigenvalue weighted by Gasteiger charge is 2.68. The summed E-state index contributed by atoms with van der Waals surface area (Å²) in [6, 6.07) is 12.9. The fourth-order valence-electron chi connectivity index (χ4n) is 4.94. The summed E-state index contributed by atoms with van der Waals surface area (Å²) < 4.78 is 0. The van der Waals surface area contributed by atoms with Crippen LogP contribution in [0.15, 0.2) is 48.5 Å². The van der Waals surface area contributed by atoms with E-state index in [0.717, 1.165) is 4.90 Å². The minimum absolute atomic E-state index is 0.168. The van der Waals surface area contributed by atoms with Crippen molar-refractivity contribution in [2.45, 2.75) is 18.0 Å². The molecule has 2 N–H and O–H groups in total. The molecule has 10 nitrogen and oxygen atoms in total. The molecule has 4 unspecified atom stereocenters. The number of imide groups is 1. The molecule has 2 saturated heterocycles. The van der Waals surface area contributed by atoms with Crippen molar-refractivity contribution in [2.24, 2.45) is 11.8 Å². The largest absolute Gasteiger partial charge is 0.480 e. The zero-order valence-corrected chi connectivity index (χ0v) is 17.7. The van der Waals surface area contributed by atoms with Gasteiger partial charge in [-0.1, -0.05) is 36.3 Å². The molecule has 4 atom stereocenters. The molecule has 0 radical (unpaired) electrons. The lowest BCUT2D eigenvalue weighted by Crippen LogP contribution is -2.57. The molecule has 0 spiro atoms. The number of terminal acetylenes is 1. The normalized spacial score (nSPS) is 25.5. The number of nitrogens with one attached hydrogen (secondary N) is 1. The van der Waals surface area contributed by atoms with Gasteiger partial charge < -0.3 is 5.11 Å². The minimum atomic E-state index is -1.91. The predicted octanol–water partition coefficient (Wildman–Crippen LogP) is 1.41. The van der Waals surface area contributed by atoms with Gasteiger partial charge in [-0.3, -0.25) is 34.7 Å². The first-order valence-electron chi connectivity index (χ1n) is 10.3. The van der Waals surface area contributed by atoms with Crippen molar-refractivity contribution in [3.63, 3.8) is 0 Å².